The van der Waals surface area contributed by atoms with Gasteiger partial charge in [0.05, 0.1) is 0 Å². The number of nitrogens with zero attached hydrogens (tertiary/aromatic N) is 1. The molecule has 1 fully saturated rings. The number of fused-ring (bicyclic) bond motifs is 1. The minimum Gasteiger partial charge on any atom is -0.488 e. The number of nitrogens with one attached hydrogen (secondary N) is 1. The molecule has 2 heterocycles. The van der Waals surface area contributed by atoms with E-state index in [2.05, 4.69) is 16.4 Å². The molecule has 0 spiro atoms. The summed E-state index contributed by atoms with van der Waals surface area (Å²) in [6.07, 6.45) is 5.07. The summed E-state index contributed by atoms with van der Waals surface area (Å²) in [6, 6.07) is 20.1. The number of benzene rings is 2. The first-order valence-corrected chi connectivity index (χ1v) is 7.63. The van der Waals surface area contributed by atoms with Crippen molar-refractivity contribution in [2.45, 2.75) is 12.5 Å². The van der Waals surface area contributed by atoms with Crippen LogP contribution in [-0.2, 0) is 0 Å². The third-order valence-electron chi connectivity index (χ3n) is 3.62. The molecule has 0 radical (unpaired) electrons. The molecule has 1 aliphatic rings. The average molecular weight is 292 g/mol. The molecule has 1 aliphatic heterocycles. The number of ether oxygens (including phenoxy) is 1. The van der Waals surface area contributed by atoms with Crippen LogP contribution >= 0.6 is 0 Å². The van der Waals surface area contributed by atoms with Crippen molar-refractivity contribution in [1.29, 1.82) is 0 Å². The fraction of sp³-hybridized carbons (Fsp3) is 0.211. The van der Waals surface area contributed by atoms with Crippen LogP contribution in [0.5, 0.6) is 5.75 Å². The fourth-order valence-corrected chi connectivity index (χ4v) is 2.49. The summed E-state index contributed by atoms with van der Waals surface area (Å²) in [6.45, 7) is 2.00. The van der Waals surface area contributed by atoms with Gasteiger partial charge in [0.2, 0.25) is 0 Å². The van der Waals surface area contributed by atoms with Crippen molar-refractivity contribution < 1.29 is 4.74 Å². The molecule has 3 heteroatoms. The second kappa shape index (κ2) is 7.57. The van der Waals surface area contributed by atoms with Gasteiger partial charge in [-0.25, -0.2) is 0 Å². The van der Waals surface area contributed by atoms with E-state index in [9.17, 15) is 0 Å². The zero-order valence-electron chi connectivity index (χ0n) is 12.5. The van der Waals surface area contributed by atoms with E-state index in [0.29, 0.717) is 6.10 Å². The zero-order valence-corrected chi connectivity index (χ0v) is 12.5. The maximum absolute atomic E-state index is 6.00. The van der Waals surface area contributed by atoms with E-state index >= 15 is 0 Å². The van der Waals surface area contributed by atoms with E-state index in [4.69, 9.17) is 4.74 Å². The molecule has 2 aromatic carbocycles. The second-order valence-corrected chi connectivity index (χ2v) is 5.24. The molecule has 1 unspecified atom stereocenters. The molecule has 3 aromatic rings. The molecule has 1 saturated heterocycles. The second-order valence-electron chi connectivity index (χ2n) is 5.24. The maximum atomic E-state index is 6.00. The molecular formula is C19H20N2O. The predicted molar refractivity (Wildman–Crippen MR) is 90.1 cm³/mol. The van der Waals surface area contributed by atoms with Crippen LogP contribution in [0.25, 0.3) is 10.8 Å². The minimum atomic E-state index is 0.304. The number of pyridine rings is 1. The van der Waals surface area contributed by atoms with Crippen molar-refractivity contribution in [1.82, 2.24) is 10.3 Å². The molecule has 22 heavy (non-hydrogen) atoms. The van der Waals surface area contributed by atoms with Gasteiger partial charge in [0.15, 0.2) is 0 Å². The Balaban J connectivity index is 0.000000202. The van der Waals surface area contributed by atoms with E-state index in [1.807, 2.05) is 67.0 Å². The normalized spacial score (nSPS) is 16.8. The van der Waals surface area contributed by atoms with Crippen LogP contribution in [0.2, 0.25) is 0 Å². The molecule has 1 N–H and O–H groups in total. The van der Waals surface area contributed by atoms with Gasteiger partial charge in [-0.2, -0.15) is 0 Å². The summed E-state index contributed by atoms with van der Waals surface area (Å²) in [5.41, 5.74) is 0. The van der Waals surface area contributed by atoms with Crippen LogP contribution in [-0.4, -0.2) is 24.2 Å². The van der Waals surface area contributed by atoms with Crippen LogP contribution in [0, 0.1) is 0 Å². The fourth-order valence-electron chi connectivity index (χ4n) is 2.49. The lowest BCUT2D eigenvalue weighted by Crippen LogP contribution is -2.19. The van der Waals surface area contributed by atoms with Crippen molar-refractivity contribution in [2.75, 3.05) is 13.1 Å². The van der Waals surface area contributed by atoms with Crippen LogP contribution in [0.3, 0.4) is 0 Å². The third kappa shape index (κ3) is 3.83. The Kier molecular flexibility index (Phi) is 5.00. The van der Waals surface area contributed by atoms with Gasteiger partial charge in [0.1, 0.15) is 11.9 Å². The van der Waals surface area contributed by atoms with Gasteiger partial charge >= 0.3 is 0 Å². The minimum absolute atomic E-state index is 0.304. The number of rotatable bonds is 2. The predicted octanol–water partition coefficient (Wildman–Crippen LogP) is 3.66. The molecule has 1 aromatic heterocycles. The van der Waals surface area contributed by atoms with Gasteiger partial charge in [0, 0.05) is 29.7 Å². The summed E-state index contributed by atoms with van der Waals surface area (Å²) in [4.78, 5) is 4.12. The van der Waals surface area contributed by atoms with Gasteiger partial charge in [-0.1, -0.05) is 48.5 Å². The standard InChI is InChI=1S/C13H14N2O.C6H6/c1-2-10-8-14-7-5-12(10)13(3-1)16-11-4-6-15-9-11;1-2-4-6-5-3-1/h1-3,5,7-8,11,15H,4,6,9H2;1-6H. The Labute approximate surface area is 131 Å². The van der Waals surface area contributed by atoms with Gasteiger partial charge in [-0.3, -0.25) is 4.98 Å². The first kappa shape index (κ1) is 14.5. The number of hydrogen-bond acceptors (Lipinski definition) is 3. The van der Waals surface area contributed by atoms with Crippen LogP contribution < -0.4 is 10.1 Å². The summed E-state index contributed by atoms with van der Waals surface area (Å²) < 4.78 is 6.00. The van der Waals surface area contributed by atoms with Crippen molar-refractivity contribution in [2.24, 2.45) is 0 Å². The van der Waals surface area contributed by atoms with Crippen LogP contribution in [0.15, 0.2) is 73.1 Å². The molecule has 4 rings (SSSR count). The van der Waals surface area contributed by atoms with E-state index in [-0.39, 0.29) is 0 Å². The Morgan fingerprint density at radius 2 is 1.73 bits per heavy atom. The topological polar surface area (TPSA) is 34.1 Å². The van der Waals surface area contributed by atoms with E-state index in [1.165, 1.54) is 0 Å². The number of aromatic nitrogens is 1. The van der Waals surface area contributed by atoms with E-state index in [1.54, 1.807) is 0 Å². The Morgan fingerprint density at radius 1 is 0.955 bits per heavy atom. The van der Waals surface area contributed by atoms with Gasteiger partial charge in [-0.05, 0) is 25.1 Å². The van der Waals surface area contributed by atoms with Gasteiger partial charge in [0.25, 0.3) is 0 Å². The van der Waals surface area contributed by atoms with Crippen molar-refractivity contribution in [3.63, 3.8) is 0 Å². The lowest BCUT2D eigenvalue weighted by Gasteiger charge is -2.14. The molecule has 3 nitrogen and oxygen atoms in total. The van der Waals surface area contributed by atoms with Crippen LogP contribution in [0.4, 0.5) is 0 Å². The van der Waals surface area contributed by atoms with Crippen molar-refractivity contribution >= 4 is 10.8 Å². The largest absolute Gasteiger partial charge is 0.488 e. The monoisotopic (exact) mass is 292 g/mol. The lowest BCUT2D eigenvalue weighted by molar-refractivity contribution is 0.226. The quantitative estimate of drug-likeness (QED) is 0.782. The van der Waals surface area contributed by atoms with Gasteiger partial charge in [-0.15, -0.1) is 0 Å². The highest BCUT2D eigenvalue weighted by molar-refractivity contribution is 5.87. The molecule has 1 atom stereocenters. The summed E-state index contributed by atoms with van der Waals surface area (Å²) >= 11 is 0. The molecule has 0 aliphatic carbocycles. The summed E-state index contributed by atoms with van der Waals surface area (Å²) in [7, 11) is 0. The molecule has 0 amide bonds. The highest BCUT2D eigenvalue weighted by atomic mass is 16.5. The molecular weight excluding hydrogens is 272 g/mol. The highest BCUT2D eigenvalue weighted by Gasteiger charge is 2.16. The van der Waals surface area contributed by atoms with E-state index < -0.39 is 0 Å². The Bertz CT molecular complexity index is 662. The Morgan fingerprint density at radius 3 is 2.41 bits per heavy atom. The first-order valence-electron chi connectivity index (χ1n) is 7.63. The van der Waals surface area contributed by atoms with Crippen molar-refractivity contribution in [3.05, 3.63) is 73.1 Å². The van der Waals surface area contributed by atoms with Gasteiger partial charge < -0.3 is 10.1 Å². The average Bonchev–Trinajstić information content (AvgIpc) is 3.11. The molecule has 112 valence electrons. The third-order valence-corrected chi connectivity index (χ3v) is 3.62. The molecule has 0 saturated carbocycles. The maximum Gasteiger partial charge on any atom is 0.127 e. The van der Waals surface area contributed by atoms with E-state index in [0.717, 1.165) is 36.0 Å². The van der Waals surface area contributed by atoms with Crippen LogP contribution in [0.1, 0.15) is 6.42 Å². The summed E-state index contributed by atoms with van der Waals surface area (Å²) in [5, 5.41) is 5.58. The summed E-state index contributed by atoms with van der Waals surface area (Å²) in [5.74, 6) is 0.966. The SMILES string of the molecule is c1cc(OC2CCNC2)c2ccncc2c1.c1ccccc1. The Hall–Kier alpha value is -2.39. The first-order chi connectivity index (χ1) is 10.9. The molecule has 0 bridgehead atoms. The zero-order chi connectivity index (χ0) is 15.0. The smallest absolute Gasteiger partial charge is 0.127 e. The highest BCUT2D eigenvalue weighted by Crippen LogP contribution is 2.26. The lowest BCUT2D eigenvalue weighted by atomic mass is 10.1. The van der Waals surface area contributed by atoms with Crippen molar-refractivity contribution in [3.8, 4) is 5.75 Å². The number of hydrogen-bond donors (Lipinski definition) is 1.